The second-order valence-electron chi connectivity index (χ2n) is 12.9. The van der Waals surface area contributed by atoms with Crippen molar-refractivity contribution in [3.63, 3.8) is 0 Å². The minimum absolute atomic E-state index is 0.690. The fraction of sp³-hybridized carbons (Fsp3) is 0. The quantitative estimate of drug-likeness (QED) is 0.137. The first-order valence-corrected chi connectivity index (χ1v) is 18.6. The molecule has 0 aliphatic rings. The van der Waals surface area contributed by atoms with Crippen LogP contribution in [-0.2, 0) is 4.57 Å². The Morgan fingerprint density at radius 2 is 1.00 bits per heavy atom. The van der Waals surface area contributed by atoms with Crippen LogP contribution in [0.25, 0.3) is 76.6 Å². The van der Waals surface area contributed by atoms with Gasteiger partial charge in [-0.3, -0.25) is 0 Å². The normalized spacial score (nSPS) is 12.1. The van der Waals surface area contributed by atoms with Crippen molar-refractivity contribution >= 4 is 77.2 Å². The van der Waals surface area contributed by atoms with Crippen LogP contribution in [0.15, 0.2) is 176 Å². The third-order valence-electron chi connectivity index (χ3n) is 10.1. The van der Waals surface area contributed by atoms with Crippen LogP contribution in [0.3, 0.4) is 0 Å². The van der Waals surface area contributed by atoms with Crippen molar-refractivity contribution in [2.45, 2.75) is 0 Å². The van der Waals surface area contributed by atoms with E-state index in [0.29, 0.717) is 5.82 Å². The summed E-state index contributed by atoms with van der Waals surface area (Å²) in [5, 5.41) is 11.2. The van der Waals surface area contributed by atoms with Gasteiger partial charge in [0, 0.05) is 32.2 Å². The molecule has 234 valence electrons. The summed E-state index contributed by atoms with van der Waals surface area (Å²) in [7, 11) is -3.36. The van der Waals surface area contributed by atoms with Gasteiger partial charge in [0.05, 0.1) is 11.0 Å². The maximum absolute atomic E-state index is 16.1. The Kier molecular flexibility index (Phi) is 6.46. The average Bonchev–Trinajstić information content (AvgIpc) is 3.19. The maximum atomic E-state index is 16.1. The van der Waals surface area contributed by atoms with Crippen LogP contribution < -0.4 is 15.9 Å². The van der Waals surface area contributed by atoms with Crippen LogP contribution in [0.1, 0.15) is 0 Å². The molecule has 0 bridgehead atoms. The second-order valence-corrected chi connectivity index (χ2v) is 15.6. The van der Waals surface area contributed by atoms with Gasteiger partial charge < -0.3 is 4.57 Å². The van der Waals surface area contributed by atoms with E-state index in [1.807, 2.05) is 60.7 Å². The minimum atomic E-state index is -3.36. The number of benzene rings is 9. The molecular formula is C46H29N2OP. The smallest absolute Gasteiger partial charge is 0.171 e. The summed E-state index contributed by atoms with van der Waals surface area (Å²) in [6.07, 6.45) is 0. The van der Waals surface area contributed by atoms with Gasteiger partial charge in [0.1, 0.15) is 0 Å². The molecule has 10 aromatic rings. The Balaban J connectivity index is 1.33. The van der Waals surface area contributed by atoms with Crippen LogP contribution in [0.2, 0.25) is 0 Å². The number of fused-ring (bicyclic) bond motifs is 2. The lowest BCUT2D eigenvalue weighted by atomic mass is 9.90. The van der Waals surface area contributed by atoms with Crippen molar-refractivity contribution in [1.29, 1.82) is 0 Å². The summed E-state index contributed by atoms with van der Waals surface area (Å²) >= 11 is 0. The first kappa shape index (κ1) is 28.8. The fourth-order valence-corrected chi connectivity index (χ4v) is 10.6. The predicted molar refractivity (Wildman–Crippen MR) is 211 cm³/mol. The van der Waals surface area contributed by atoms with Gasteiger partial charge in [0.25, 0.3) is 0 Å². The van der Waals surface area contributed by atoms with Crippen molar-refractivity contribution in [1.82, 2.24) is 9.97 Å². The molecule has 0 saturated heterocycles. The molecule has 10 rings (SSSR count). The van der Waals surface area contributed by atoms with E-state index in [1.54, 1.807) is 0 Å². The Morgan fingerprint density at radius 3 is 1.72 bits per heavy atom. The average molecular weight is 657 g/mol. The first-order valence-electron chi connectivity index (χ1n) is 16.9. The monoisotopic (exact) mass is 656 g/mol. The number of nitrogens with zero attached hydrogens (tertiary/aromatic N) is 2. The van der Waals surface area contributed by atoms with E-state index in [1.165, 1.54) is 5.39 Å². The van der Waals surface area contributed by atoms with E-state index in [2.05, 4.69) is 115 Å². The molecule has 0 amide bonds. The van der Waals surface area contributed by atoms with Crippen LogP contribution in [0, 0.1) is 0 Å². The molecule has 0 radical (unpaired) electrons. The molecular weight excluding hydrogens is 627 g/mol. The van der Waals surface area contributed by atoms with Crippen LogP contribution >= 0.6 is 7.14 Å². The lowest BCUT2D eigenvalue weighted by Gasteiger charge is -2.25. The number of hydrogen-bond donors (Lipinski definition) is 0. The molecule has 0 fully saturated rings. The molecule has 0 atom stereocenters. The zero-order valence-electron chi connectivity index (χ0n) is 27.0. The number of rotatable bonds is 5. The van der Waals surface area contributed by atoms with Gasteiger partial charge in [0.2, 0.25) is 0 Å². The lowest BCUT2D eigenvalue weighted by molar-refractivity contribution is 0.592. The zero-order valence-corrected chi connectivity index (χ0v) is 27.9. The van der Waals surface area contributed by atoms with Crippen molar-refractivity contribution in [3.8, 4) is 22.5 Å². The van der Waals surface area contributed by atoms with Crippen molar-refractivity contribution in [2.24, 2.45) is 0 Å². The highest BCUT2D eigenvalue weighted by molar-refractivity contribution is 7.85. The molecule has 4 heteroatoms. The Bertz CT molecular complexity index is 2890. The van der Waals surface area contributed by atoms with Crippen molar-refractivity contribution < 1.29 is 4.57 Å². The second kappa shape index (κ2) is 11.2. The van der Waals surface area contributed by atoms with Gasteiger partial charge in [-0.2, -0.15) is 0 Å². The molecule has 3 nitrogen and oxygen atoms in total. The third kappa shape index (κ3) is 4.34. The van der Waals surface area contributed by atoms with Gasteiger partial charge in [0.15, 0.2) is 13.0 Å². The Hall–Kier alpha value is -6.15. The molecule has 9 aromatic carbocycles. The summed E-state index contributed by atoms with van der Waals surface area (Å²) in [6, 6.07) is 60.3. The first-order chi connectivity index (χ1) is 24.7. The number of hydrogen-bond acceptors (Lipinski definition) is 3. The third-order valence-corrected chi connectivity index (χ3v) is 13.2. The summed E-state index contributed by atoms with van der Waals surface area (Å²) in [6.45, 7) is 0. The van der Waals surface area contributed by atoms with Gasteiger partial charge >= 0.3 is 0 Å². The Morgan fingerprint density at radius 1 is 0.400 bits per heavy atom. The summed E-state index contributed by atoms with van der Waals surface area (Å²) in [5.41, 5.74) is 4.86. The fourth-order valence-electron chi connectivity index (χ4n) is 7.73. The molecule has 1 heterocycles. The molecule has 50 heavy (non-hydrogen) atoms. The SMILES string of the molecule is O=P(c1ccccc1)(c1ccccc1)c1cc(-c2cccc3ccccc23)c2ccc3nc(-c4ccc5ccccc5c4)nc4ccc1c2c34. The largest absolute Gasteiger partial charge is 0.309 e. The molecule has 0 saturated carbocycles. The van der Waals surface area contributed by atoms with Crippen LogP contribution in [0.4, 0.5) is 0 Å². The standard InChI is InChI=1S/C46H29N2OP/c49-50(34-16-3-1-4-17-34,35-18-5-2-6-19-35)43-29-40(37-21-11-15-31-13-9-10-20-36(31)37)38-24-26-41-45-42(27-25-39(43)44(38)45)48-46(47-41)33-23-22-30-12-7-8-14-32(30)28-33/h1-29H. The Labute approximate surface area is 289 Å². The van der Waals surface area contributed by atoms with Gasteiger partial charge in [-0.05, 0) is 67.7 Å². The maximum Gasteiger partial charge on any atom is 0.171 e. The number of aromatic nitrogens is 2. The van der Waals surface area contributed by atoms with Gasteiger partial charge in [-0.1, -0.05) is 152 Å². The van der Waals surface area contributed by atoms with Crippen molar-refractivity contribution in [3.05, 3.63) is 176 Å². The van der Waals surface area contributed by atoms with Crippen molar-refractivity contribution in [2.75, 3.05) is 0 Å². The van der Waals surface area contributed by atoms with Gasteiger partial charge in [-0.15, -0.1) is 0 Å². The van der Waals surface area contributed by atoms with E-state index in [9.17, 15) is 0 Å². The van der Waals surface area contributed by atoms with E-state index in [4.69, 9.17) is 9.97 Å². The molecule has 0 aliphatic carbocycles. The topological polar surface area (TPSA) is 42.9 Å². The molecule has 0 N–H and O–H groups in total. The highest BCUT2D eigenvalue weighted by atomic mass is 31.2. The van der Waals surface area contributed by atoms with E-state index in [-0.39, 0.29) is 0 Å². The van der Waals surface area contributed by atoms with Crippen LogP contribution in [-0.4, -0.2) is 9.97 Å². The van der Waals surface area contributed by atoms with E-state index < -0.39 is 7.14 Å². The van der Waals surface area contributed by atoms with E-state index >= 15 is 4.57 Å². The highest BCUT2D eigenvalue weighted by Gasteiger charge is 2.33. The predicted octanol–water partition coefficient (Wildman–Crippen LogP) is 10.7. The summed E-state index contributed by atoms with van der Waals surface area (Å²) in [4.78, 5) is 10.4. The minimum Gasteiger partial charge on any atom is -0.309 e. The van der Waals surface area contributed by atoms with E-state index in [0.717, 1.165) is 81.3 Å². The molecule has 0 aliphatic heterocycles. The highest BCUT2D eigenvalue weighted by Crippen LogP contribution is 2.49. The van der Waals surface area contributed by atoms with Gasteiger partial charge in [-0.25, -0.2) is 9.97 Å². The summed E-state index contributed by atoms with van der Waals surface area (Å²) in [5.74, 6) is 0.690. The van der Waals surface area contributed by atoms with Crippen LogP contribution in [0.5, 0.6) is 0 Å². The zero-order chi connectivity index (χ0) is 33.2. The molecule has 1 aromatic heterocycles. The molecule has 0 unspecified atom stereocenters. The lowest BCUT2D eigenvalue weighted by Crippen LogP contribution is -2.26. The summed E-state index contributed by atoms with van der Waals surface area (Å²) < 4.78 is 16.1. The molecule has 0 spiro atoms.